The monoisotopic (exact) mass is 533 g/mol. The summed E-state index contributed by atoms with van der Waals surface area (Å²) < 4.78 is 2.68. The molecule has 0 saturated carbocycles. The first kappa shape index (κ1) is 20.9. The van der Waals surface area contributed by atoms with Crippen molar-refractivity contribution in [2.24, 2.45) is 0 Å². The molecule has 0 aliphatic carbocycles. The zero-order valence-electron chi connectivity index (χ0n) is 22.5. The number of fused-ring (bicyclic) bond motifs is 8. The van der Waals surface area contributed by atoms with Gasteiger partial charge in [-0.15, -0.1) is 0 Å². The normalized spacial score (nSPS) is 27.9. The third-order valence-electron chi connectivity index (χ3n) is 13.6. The second kappa shape index (κ2) is 5.34. The Bertz CT molecular complexity index is 2190. The van der Waals surface area contributed by atoms with Crippen LogP contribution in [0.15, 0.2) is 78.9 Å². The SMILES string of the molecule is CC1(C)c2ccccc2B2c3c(cccc31)-n1c3ccccc3c3ccc(P45(NP678[B]B6B7[B-]8)B6[B-]B4B65)c2c31. The number of nitrogens with zero attached hydrogens (tertiary/aromatic N) is 1. The van der Waals surface area contributed by atoms with E-state index in [1.54, 1.807) is 21.7 Å². The van der Waals surface area contributed by atoms with Crippen LogP contribution in [-0.2, 0) is 5.41 Å². The molecular formula is C27H20B9N2P2-2. The Morgan fingerprint density at radius 2 is 1.60 bits per heavy atom. The van der Waals surface area contributed by atoms with E-state index in [1.807, 2.05) is 0 Å². The maximum atomic E-state index is 4.78. The van der Waals surface area contributed by atoms with Crippen molar-refractivity contribution >= 4 is 115 Å². The first-order valence-corrected chi connectivity index (χ1v) is 20.1. The van der Waals surface area contributed by atoms with Crippen molar-refractivity contribution in [3.05, 3.63) is 90.0 Å². The Kier molecular flexibility index (Phi) is 2.79. The Hall–Kier alpha value is -1.92. The van der Waals surface area contributed by atoms with Crippen molar-refractivity contribution in [3.8, 4) is 5.69 Å². The summed E-state index contributed by atoms with van der Waals surface area (Å²) in [5.74, 6) is 0. The van der Waals surface area contributed by atoms with Crippen LogP contribution in [0.4, 0.5) is 0 Å². The molecule has 5 aromatic rings. The second-order valence-electron chi connectivity index (χ2n) is 14.9. The van der Waals surface area contributed by atoms with E-state index in [9.17, 15) is 0 Å². The van der Waals surface area contributed by atoms with Crippen molar-refractivity contribution in [2.75, 3.05) is 0 Å². The first-order chi connectivity index (χ1) is 19.5. The third kappa shape index (κ3) is 1.63. The average Bonchev–Trinajstić information content (AvgIpc) is 3.91. The molecule has 2 bridgehead atoms. The average molecular weight is 532 g/mol. The van der Waals surface area contributed by atoms with Crippen LogP contribution in [0.25, 0.3) is 27.5 Å². The van der Waals surface area contributed by atoms with Gasteiger partial charge in [-0.1, -0.05) is 0 Å². The van der Waals surface area contributed by atoms with Gasteiger partial charge < -0.3 is 0 Å². The molecule has 9 aliphatic heterocycles. The Labute approximate surface area is 238 Å². The van der Waals surface area contributed by atoms with E-state index in [4.69, 9.17) is 4.86 Å². The molecule has 0 unspecified atom stereocenters. The van der Waals surface area contributed by atoms with Gasteiger partial charge in [0.2, 0.25) is 0 Å². The minimum absolute atomic E-state index is 0.0274. The fraction of sp³-hybridized carbons (Fsp3) is 0.111. The van der Waals surface area contributed by atoms with E-state index >= 15 is 0 Å². The van der Waals surface area contributed by atoms with Gasteiger partial charge in [-0.05, 0) is 0 Å². The number of rotatable bonds is 3. The minimum atomic E-state index is -2.12. The summed E-state index contributed by atoms with van der Waals surface area (Å²) in [5.41, 5.74) is 12.0. The van der Waals surface area contributed by atoms with Gasteiger partial charge in [-0.2, -0.15) is 0 Å². The molecule has 1 spiro atoms. The molecule has 40 heavy (non-hydrogen) atoms. The fourth-order valence-electron chi connectivity index (χ4n) is 11.3. The van der Waals surface area contributed by atoms with Crippen LogP contribution >= 0.6 is 12.7 Å². The van der Waals surface area contributed by atoms with E-state index in [1.165, 1.54) is 38.6 Å². The van der Waals surface area contributed by atoms with Crippen molar-refractivity contribution in [1.29, 1.82) is 0 Å². The first-order valence-electron chi connectivity index (χ1n) is 15.2. The van der Waals surface area contributed by atoms with E-state index in [0.717, 1.165) is 31.1 Å². The van der Waals surface area contributed by atoms with Crippen LogP contribution < -0.4 is 26.6 Å². The summed E-state index contributed by atoms with van der Waals surface area (Å²) in [4.78, 5) is 4.78. The van der Waals surface area contributed by atoms with Gasteiger partial charge in [-0.25, -0.2) is 0 Å². The number of benzene rings is 4. The van der Waals surface area contributed by atoms with Gasteiger partial charge >= 0.3 is 239 Å². The molecule has 13 heteroatoms. The molecule has 0 amide bonds. The summed E-state index contributed by atoms with van der Waals surface area (Å²) >= 11 is 0. The van der Waals surface area contributed by atoms with E-state index < -0.39 is 12.7 Å². The molecule has 9 aliphatic rings. The van der Waals surface area contributed by atoms with E-state index in [0.29, 0.717) is 6.71 Å². The zero-order valence-corrected chi connectivity index (χ0v) is 24.3. The molecule has 4 aromatic carbocycles. The number of nitrogens with one attached hydrogen (secondary N) is 1. The molecule has 7 fully saturated rings. The quantitative estimate of drug-likeness (QED) is 0.271. The second-order valence-corrected chi connectivity index (χ2v) is 25.3. The topological polar surface area (TPSA) is 17.0 Å². The van der Waals surface area contributed by atoms with Gasteiger partial charge in [-0.3, -0.25) is 0 Å². The van der Waals surface area contributed by atoms with Crippen LogP contribution in [0, 0.1) is 0 Å². The molecule has 1 N–H and O–H groups in total. The molecule has 7 saturated heterocycles. The standard InChI is InChI=1S/C27H20B9N2P2/c1-27(2)18-9-4-5-11-20(18)31-24-19(27)10-7-13-22(24)38-21-12-6-3-8-16(21)17-14-15-23(25(31)26(17)38)39(32-28-33(39)36(32)39)37-40-29-34(40)35(40)30-40/h3-15,37H,1-2H3/q-2. The molecule has 1 aromatic heterocycles. The Balaban J connectivity index is 1.23. The van der Waals surface area contributed by atoms with Crippen LogP contribution in [0.5, 0.6) is 0 Å². The van der Waals surface area contributed by atoms with Crippen molar-refractivity contribution in [1.82, 2.24) is 9.42 Å². The van der Waals surface area contributed by atoms with Crippen molar-refractivity contribution in [3.63, 3.8) is 0 Å². The van der Waals surface area contributed by atoms with Gasteiger partial charge in [0.15, 0.2) is 0 Å². The molecule has 2 nitrogen and oxygen atoms in total. The maximum absolute atomic E-state index is 4.78. The van der Waals surface area contributed by atoms with Crippen molar-refractivity contribution < 1.29 is 0 Å². The van der Waals surface area contributed by atoms with Crippen LogP contribution in [0.1, 0.15) is 25.0 Å². The number of hydrogen-bond acceptors (Lipinski definition) is 1. The van der Waals surface area contributed by atoms with E-state index in [2.05, 4.69) is 118 Å². The van der Waals surface area contributed by atoms with E-state index in [-0.39, 0.29) is 5.41 Å². The summed E-state index contributed by atoms with van der Waals surface area (Å²) in [7, 11) is 2.74. The number of aromatic nitrogens is 1. The molecule has 10 heterocycles. The van der Waals surface area contributed by atoms with Gasteiger partial charge in [0, 0.05) is 0 Å². The van der Waals surface area contributed by atoms with Gasteiger partial charge in [0.05, 0.1) is 0 Å². The zero-order chi connectivity index (χ0) is 25.8. The summed E-state index contributed by atoms with van der Waals surface area (Å²) in [6, 6.07) is 30.9. The number of para-hydroxylation sites is 1. The van der Waals surface area contributed by atoms with Gasteiger partial charge in [0.25, 0.3) is 0 Å². The molecule has 0 atom stereocenters. The summed E-state index contributed by atoms with van der Waals surface area (Å²) in [5, 5.41) is 4.62. The Morgan fingerprint density at radius 1 is 0.825 bits per heavy atom. The Morgan fingerprint density at radius 3 is 2.35 bits per heavy atom. The third-order valence-corrected chi connectivity index (χ3v) is 28.0. The predicted molar refractivity (Wildman–Crippen MR) is 187 cm³/mol. The van der Waals surface area contributed by atoms with Crippen LogP contribution in [0.2, 0.25) is 0 Å². The number of hydrogen-bond donors (Lipinski definition) is 1. The fourth-order valence-corrected chi connectivity index (χ4v) is 30.8. The van der Waals surface area contributed by atoms with Crippen LogP contribution in [0.3, 0.4) is 0 Å². The van der Waals surface area contributed by atoms with Crippen LogP contribution in [-0.4, -0.2) is 63.2 Å². The molecule has 5 radical (unpaired) electrons. The molecular weight excluding hydrogens is 512 g/mol. The molecule has 14 rings (SSSR count). The predicted octanol–water partition coefficient (Wildman–Crippen LogP) is 1.61. The summed E-state index contributed by atoms with van der Waals surface area (Å²) in [6.45, 7) is 10.8. The van der Waals surface area contributed by atoms with Gasteiger partial charge in [0.1, 0.15) is 0 Å². The molecule has 177 valence electrons. The summed E-state index contributed by atoms with van der Waals surface area (Å²) in [6.07, 6.45) is 0.834. The van der Waals surface area contributed by atoms with Crippen molar-refractivity contribution in [2.45, 2.75) is 19.3 Å².